The highest BCUT2D eigenvalue weighted by molar-refractivity contribution is 14.0. The van der Waals surface area contributed by atoms with Crippen molar-refractivity contribution in [3.8, 4) is 11.5 Å². The van der Waals surface area contributed by atoms with Gasteiger partial charge in [0, 0.05) is 30.5 Å². The van der Waals surface area contributed by atoms with E-state index in [1.807, 2.05) is 13.8 Å². The van der Waals surface area contributed by atoms with Gasteiger partial charge in [-0.1, -0.05) is 0 Å². The zero-order valence-corrected chi connectivity index (χ0v) is 17.9. The molecule has 0 bridgehead atoms. The van der Waals surface area contributed by atoms with Crippen LogP contribution < -0.4 is 15.4 Å². The number of methoxy groups -OCH3 is 1. The minimum Gasteiger partial charge on any atom is -0.508 e. The maximum atomic E-state index is 9.93. The lowest BCUT2D eigenvalue weighted by Crippen LogP contribution is -2.38. The van der Waals surface area contributed by atoms with Crippen LogP contribution in [0.5, 0.6) is 11.5 Å². The van der Waals surface area contributed by atoms with Crippen molar-refractivity contribution < 1.29 is 9.84 Å². The average molecular weight is 476 g/mol. The van der Waals surface area contributed by atoms with E-state index in [0.29, 0.717) is 18.3 Å². The number of aryl methyl sites for hydroxylation is 1. The zero-order chi connectivity index (χ0) is 17.4. The first kappa shape index (κ1) is 21.5. The molecule has 1 aromatic carbocycles. The molecule has 0 aliphatic heterocycles. The minimum atomic E-state index is 0. The van der Waals surface area contributed by atoms with Gasteiger partial charge in [0.2, 0.25) is 0 Å². The van der Waals surface area contributed by atoms with E-state index < -0.39 is 0 Å². The van der Waals surface area contributed by atoms with Gasteiger partial charge < -0.3 is 20.5 Å². The third kappa shape index (κ3) is 7.07. The number of hydrogen-bond acceptors (Lipinski definition) is 5. The highest BCUT2D eigenvalue weighted by Crippen LogP contribution is 2.23. The Morgan fingerprint density at radius 3 is 2.80 bits per heavy atom. The van der Waals surface area contributed by atoms with Crippen molar-refractivity contribution >= 4 is 41.3 Å². The molecule has 6 nitrogen and oxygen atoms in total. The van der Waals surface area contributed by atoms with E-state index in [-0.39, 0.29) is 29.7 Å². The molecule has 0 saturated carbocycles. The van der Waals surface area contributed by atoms with E-state index in [0.717, 1.165) is 35.8 Å². The molecule has 0 aliphatic rings. The predicted octanol–water partition coefficient (Wildman–Crippen LogP) is 3.08. The first-order valence-corrected chi connectivity index (χ1v) is 8.79. The topological polar surface area (TPSA) is 78.8 Å². The number of rotatable bonds is 7. The standard InChI is InChI=1S/C17H24N4O2S.HI/c1-4-18-17(19-8-7-14-11-24-12(2)21-14)20-10-13-9-15(23-3)5-6-16(13)22;/h5-6,9,11,22H,4,7-8,10H2,1-3H3,(H2,18,19,20);1H. The molecule has 138 valence electrons. The van der Waals surface area contributed by atoms with Gasteiger partial charge in [0.25, 0.3) is 0 Å². The second-order valence-electron chi connectivity index (χ2n) is 5.22. The summed E-state index contributed by atoms with van der Waals surface area (Å²) in [7, 11) is 1.60. The molecule has 2 aromatic rings. The van der Waals surface area contributed by atoms with Crippen LogP contribution in [0.4, 0.5) is 0 Å². The van der Waals surface area contributed by atoms with Crippen LogP contribution in [0.15, 0.2) is 28.6 Å². The van der Waals surface area contributed by atoms with E-state index >= 15 is 0 Å². The van der Waals surface area contributed by atoms with Gasteiger partial charge in [-0.25, -0.2) is 9.98 Å². The normalized spacial score (nSPS) is 10.9. The molecule has 25 heavy (non-hydrogen) atoms. The van der Waals surface area contributed by atoms with E-state index in [9.17, 15) is 5.11 Å². The molecule has 1 heterocycles. The molecule has 0 radical (unpaired) electrons. The quantitative estimate of drug-likeness (QED) is 0.325. The lowest BCUT2D eigenvalue weighted by molar-refractivity contribution is 0.411. The maximum absolute atomic E-state index is 9.93. The number of phenolic OH excluding ortho intramolecular Hbond substituents is 1. The maximum Gasteiger partial charge on any atom is 0.191 e. The third-order valence-corrected chi connectivity index (χ3v) is 4.20. The molecule has 0 amide bonds. The second-order valence-corrected chi connectivity index (χ2v) is 6.29. The molecule has 0 aliphatic carbocycles. The molecular formula is C17H25IN4O2S. The SMILES string of the molecule is CCNC(=NCc1cc(OC)ccc1O)NCCc1csc(C)n1.I. The lowest BCUT2D eigenvalue weighted by atomic mass is 10.2. The zero-order valence-electron chi connectivity index (χ0n) is 14.7. The Hall–Kier alpha value is -1.55. The van der Waals surface area contributed by atoms with Crippen LogP contribution in [0.2, 0.25) is 0 Å². The van der Waals surface area contributed by atoms with Crippen LogP contribution >= 0.6 is 35.3 Å². The summed E-state index contributed by atoms with van der Waals surface area (Å²) in [5, 5.41) is 19.6. The third-order valence-electron chi connectivity index (χ3n) is 3.38. The fourth-order valence-electron chi connectivity index (χ4n) is 2.15. The summed E-state index contributed by atoms with van der Waals surface area (Å²) in [6.45, 7) is 5.91. The second kappa shape index (κ2) is 11.1. The van der Waals surface area contributed by atoms with Gasteiger partial charge in [-0.2, -0.15) is 0 Å². The fraction of sp³-hybridized carbons (Fsp3) is 0.412. The Labute approximate surface area is 169 Å². The highest BCUT2D eigenvalue weighted by atomic mass is 127. The number of nitrogens with zero attached hydrogens (tertiary/aromatic N) is 2. The molecule has 3 N–H and O–H groups in total. The smallest absolute Gasteiger partial charge is 0.191 e. The number of halogens is 1. The summed E-state index contributed by atoms with van der Waals surface area (Å²) in [5.41, 5.74) is 1.81. The van der Waals surface area contributed by atoms with Crippen LogP contribution in [-0.4, -0.2) is 36.2 Å². The molecule has 0 fully saturated rings. The van der Waals surface area contributed by atoms with Crippen molar-refractivity contribution in [1.82, 2.24) is 15.6 Å². The summed E-state index contributed by atoms with van der Waals surface area (Å²) >= 11 is 1.66. The van der Waals surface area contributed by atoms with Crippen LogP contribution in [0.25, 0.3) is 0 Å². The Balaban J connectivity index is 0.00000312. The van der Waals surface area contributed by atoms with E-state index in [4.69, 9.17) is 4.74 Å². The first-order valence-electron chi connectivity index (χ1n) is 7.91. The molecular weight excluding hydrogens is 451 g/mol. The minimum absolute atomic E-state index is 0. The van der Waals surface area contributed by atoms with Gasteiger partial charge >= 0.3 is 0 Å². The van der Waals surface area contributed by atoms with Crippen molar-refractivity contribution in [3.63, 3.8) is 0 Å². The average Bonchev–Trinajstić information content (AvgIpc) is 2.99. The number of nitrogens with one attached hydrogen (secondary N) is 2. The number of thiazole rings is 1. The van der Waals surface area contributed by atoms with Gasteiger partial charge in [-0.05, 0) is 32.0 Å². The molecule has 0 unspecified atom stereocenters. The summed E-state index contributed by atoms with van der Waals surface area (Å²) < 4.78 is 5.18. The van der Waals surface area contributed by atoms with Crippen molar-refractivity contribution in [1.29, 1.82) is 0 Å². The number of aromatic nitrogens is 1. The number of benzene rings is 1. The Morgan fingerprint density at radius 1 is 1.36 bits per heavy atom. The monoisotopic (exact) mass is 476 g/mol. The molecule has 1 aromatic heterocycles. The number of hydrogen-bond donors (Lipinski definition) is 3. The van der Waals surface area contributed by atoms with Crippen LogP contribution in [0.3, 0.4) is 0 Å². The van der Waals surface area contributed by atoms with Gasteiger partial charge in [0.15, 0.2) is 5.96 Å². The number of phenols is 1. The van der Waals surface area contributed by atoms with Gasteiger partial charge in [-0.15, -0.1) is 35.3 Å². The van der Waals surface area contributed by atoms with E-state index in [1.165, 1.54) is 0 Å². The Morgan fingerprint density at radius 2 is 2.16 bits per heavy atom. The number of aromatic hydroxyl groups is 1. The summed E-state index contributed by atoms with van der Waals surface area (Å²) in [4.78, 5) is 8.97. The number of ether oxygens (including phenoxy) is 1. The molecule has 2 rings (SSSR count). The van der Waals surface area contributed by atoms with Crippen molar-refractivity contribution in [2.24, 2.45) is 4.99 Å². The number of guanidine groups is 1. The molecule has 8 heteroatoms. The first-order chi connectivity index (χ1) is 11.6. The highest BCUT2D eigenvalue weighted by Gasteiger charge is 2.04. The van der Waals surface area contributed by atoms with Crippen molar-refractivity contribution in [3.05, 3.63) is 39.8 Å². The van der Waals surface area contributed by atoms with Crippen molar-refractivity contribution in [2.75, 3.05) is 20.2 Å². The fourth-order valence-corrected chi connectivity index (χ4v) is 2.80. The van der Waals surface area contributed by atoms with E-state index in [1.54, 1.807) is 36.6 Å². The number of aliphatic imine (C=N–C) groups is 1. The summed E-state index contributed by atoms with van der Waals surface area (Å²) in [5.74, 6) is 1.63. The van der Waals surface area contributed by atoms with Gasteiger partial charge in [0.1, 0.15) is 11.5 Å². The van der Waals surface area contributed by atoms with Crippen molar-refractivity contribution in [2.45, 2.75) is 26.8 Å². The van der Waals surface area contributed by atoms with Gasteiger partial charge in [-0.3, -0.25) is 0 Å². The summed E-state index contributed by atoms with van der Waals surface area (Å²) in [6, 6.07) is 5.14. The lowest BCUT2D eigenvalue weighted by Gasteiger charge is -2.11. The Bertz CT molecular complexity index is 691. The molecule has 0 saturated heterocycles. The van der Waals surface area contributed by atoms with E-state index in [2.05, 4.69) is 26.0 Å². The molecule has 0 atom stereocenters. The van der Waals surface area contributed by atoms with Crippen LogP contribution in [0, 0.1) is 6.92 Å². The predicted molar refractivity (Wildman–Crippen MR) is 113 cm³/mol. The van der Waals surface area contributed by atoms with Crippen LogP contribution in [-0.2, 0) is 13.0 Å². The Kier molecular flexibility index (Phi) is 9.58. The largest absolute Gasteiger partial charge is 0.508 e. The molecule has 0 spiro atoms. The summed E-state index contributed by atoms with van der Waals surface area (Å²) in [6.07, 6.45) is 0.846. The van der Waals surface area contributed by atoms with Crippen LogP contribution in [0.1, 0.15) is 23.2 Å². The van der Waals surface area contributed by atoms with Gasteiger partial charge in [0.05, 0.1) is 24.4 Å².